The highest BCUT2D eigenvalue weighted by Gasteiger charge is 2.03. The van der Waals surface area contributed by atoms with Crippen LogP contribution in [0.1, 0.15) is 13.3 Å². The molecule has 0 unspecified atom stereocenters. The van der Waals surface area contributed by atoms with E-state index in [-0.39, 0.29) is 31.5 Å². The van der Waals surface area contributed by atoms with E-state index in [9.17, 15) is 4.79 Å². The highest BCUT2D eigenvalue weighted by Crippen LogP contribution is 1.89. The van der Waals surface area contributed by atoms with Gasteiger partial charge in [0.25, 0.3) is 0 Å². The summed E-state index contributed by atoms with van der Waals surface area (Å²) in [5.41, 5.74) is 10.1. The molecule has 6 heteroatoms. The second kappa shape index (κ2) is 8.18. The van der Waals surface area contributed by atoms with E-state index in [4.69, 9.17) is 20.9 Å². The molecule has 0 rings (SSSR count). The Hall–Kier alpha value is -1.43. The summed E-state index contributed by atoms with van der Waals surface area (Å²) in [7, 11) is 0. The van der Waals surface area contributed by atoms with Gasteiger partial charge >= 0.3 is 5.97 Å². The number of esters is 1. The highest BCUT2D eigenvalue weighted by atomic mass is 16.5. The first kappa shape index (κ1) is 12.6. The number of ether oxygens (including phenoxy) is 2. The van der Waals surface area contributed by atoms with Crippen LogP contribution < -0.4 is 11.5 Å². The monoisotopic (exact) mass is 202 g/mol. The van der Waals surface area contributed by atoms with Crippen LogP contribution in [0.4, 0.5) is 0 Å². The average molecular weight is 202 g/mol. The molecule has 0 radical (unpaired) electrons. The molecule has 0 heterocycles. The van der Waals surface area contributed by atoms with Gasteiger partial charge in [-0.25, -0.2) is 0 Å². The van der Waals surface area contributed by atoms with Crippen LogP contribution in [0.25, 0.3) is 0 Å². The van der Waals surface area contributed by atoms with Crippen molar-refractivity contribution in [3.63, 3.8) is 0 Å². The highest BCUT2D eigenvalue weighted by molar-refractivity contribution is 5.75. The normalized spacial score (nSPS) is 9.21. The number of aliphatic imine (C=N–C) groups is 1. The number of nitrogens with two attached hydrogens (primary N) is 2. The second-order valence-corrected chi connectivity index (χ2v) is 2.38. The molecule has 0 aromatic heterocycles. The molecule has 0 fully saturated rings. The van der Waals surface area contributed by atoms with Gasteiger partial charge in [0.2, 0.25) is 6.61 Å². The fraction of sp³-hybridized carbons (Fsp3) is 0.625. The van der Waals surface area contributed by atoms with Crippen LogP contribution in [-0.2, 0) is 14.3 Å². The molecule has 0 saturated carbocycles. The van der Waals surface area contributed by atoms with Crippen molar-refractivity contribution >= 4 is 11.9 Å². The summed E-state index contributed by atoms with van der Waals surface area (Å²) >= 11 is 0. The van der Waals surface area contributed by atoms with Gasteiger partial charge in [-0.3, -0.25) is 9.79 Å². The van der Waals surface area contributed by atoms with Crippen LogP contribution in [0.15, 0.2) is 4.99 Å². The molecular weight excluding hydrogens is 186 g/mol. The molecule has 0 bridgehead atoms. The van der Waals surface area contributed by atoms with Gasteiger partial charge in [-0.05, 0) is 0 Å². The predicted octanol–water partition coefficient (Wildman–Crippen LogP) is -0.609. The molecule has 14 heavy (non-hydrogen) atoms. The number of hydrogen-bond donors (Lipinski definition) is 2. The van der Waals surface area contributed by atoms with E-state index < -0.39 is 0 Å². The van der Waals surface area contributed by atoms with E-state index in [1.807, 2.05) is 0 Å². The van der Waals surface area contributed by atoms with Gasteiger partial charge in [-0.1, -0.05) is 0 Å². The molecule has 0 aliphatic heterocycles. The van der Waals surface area contributed by atoms with Crippen LogP contribution in [0.5, 0.6) is 0 Å². The first-order valence-electron chi connectivity index (χ1n) is 4.27. The van der Waals surface area contributed by atoms with E-state index in [1.165, 1.54) is 6.61 Å². The SMILES string of the molecule is C[CH+]OCCC(=O)OCCN=C(N)N. The Bertz CT molecular complexity index is 190. The number of rotatable bonds is 7. The lowest BCUT2D eigenvalue weighted by atomic mass is 10.5. The van der Waals surface area contributed by atoms with Gasteiger partial charge < -0.3 is 16.2 Å². The summed E-state index contributed by atoms with van der Waals surface area (Å²) < 4.78 is 9.64. The molecule has 6 nitrogen and oxygen atoms in total. The lowest BCUT2D eigenvalue weighted by Gasteiger charge is -2.00. The van der Waals surface area contributed by atoms with E-state index in [2.05, 4.69) is 4.99 Å². The summed E-state index contributed by atoms with van der Waals surface area (Å²) in [6.07, 6.45) is 0.228. The first-order chi connectivity index (χ1) is 6.66. The van der Waals surface area contributed by atoms with Gasteiger partial charge in [-0.15, -0.1) is 0 Å². The van der Waals surface area contributed by atoms with Gasteiger partial charge in [0, 0.05) is 0 Å². The van der Waals surface area contributed by atoms with Crippen LogP contribution in [0, 0.1) is 6.61 Å². The zero-order valence-corrected chi connectivity index (χ0v) is 8.23. The molecule has 4 N–H and O–H groups in total. The first-order valence-corrected chi connectivity index (χ1v) is 4.27. The lowest BCUT2D eigenvalue weighted by molar-refractivity contribution is -0.144. The fourth-order valence-electron chi connectivity index (χ4n) is 0.667. The molecule has 0 aliphatic carbocycles. The molecule has 0 aromatic rings. The van der Waals surface area contributed by atoms with Crippen LogP contribution >= 0.6 is 0 Å². The van der Waals surface area contributed by atoms with Gasteiger partial charge in [0.15, 0.2) is 5.96 Å². The average Bonchev–Trinajstić information content (AvgIpc) is 2.13. The second-order valence-electron chi connectivity index (χ2n) is 2.38. The molecule has 0 aliphatic rings. The Morgan fingerprint density at radius 2 is 2.14 bits per heavy atom. The third kappa shape index (κ3) is 8.66. The van der Waals surface area contributed by atoms with Crippen LogP contribution in [0.3, 0.4) is 0 Å². The zero-order valence-electron chi connectivity index (χ0n) is 8.23. The van der Waals surface area contributed by atoms with Crippen LogP contribution in [-0.4, -0.2) is 31.7 Å². The maximum atomic E-state index is 10.9. The number of nitrogens with zero attached hydrogens (tertiary/aromatic N) is 1. The summed E-state index contributed by atoms with van der Waals surface area (Å²) in [5.74, 6) is -0.331. The van der Waals surface area contributed by atoms with Crippen molar-refractivity contribution < 1.29 is 14.3 Å². The minimum absolute atomic E-state index is 0.00929. The Kier molecular flexibility index (Phi) is 7.35. The summed E-state index contributed by atoms with van der Waals surface area (Å²) in [6, 6.07) is 0. The molecule has 0 saturated heterocycles. The third-order valence-corrected chi connectivity index (χ3v) is 1.24. The molecule has 80 valence electrons. The van der Waals surface area contributed by atoms with Crippen LogP contribution in [0.2, 0.25) is 0 Å². The topological polar surface area (TPSA) is 99.9 Å². The maximum Gasteiger partial charge on any atom is 0.308 e. The third-order valence-electron chi connectivity index (χ3n) is 1.24. The van der Waals surface area contributed by atoms with Crippen molar-refractivity contribution in [1.29, 1.82) is 0 Å². The van der Waals surface area contributed by atoms with Gasteiger partial charge in [0.05, 0.1) is 13.0 Å². The molecule has 0 atom stereocenters. The largest absolute Gasteiger partial charge is 0.464 e. The maximum absolute atomic E-state index is 10.9. The van der Waals surface area contributed by atoms with Crippen molar-refractivity contribution in [2.75, 3.05) is 19.8 Å². The van der Waals surface area contributed by atoms with Gasteiger partial charge in [0.1, 0.15) is 20.1 Å². The van der Waals surface area contributed by atoms with Gasteiger partial charge in [-0.2, -0.15) is 4.74 Å². The smallest absolute Gasteiger partial charge is 0.308 e. The van der Waals surface area contributed by atoms with E-state index in [1.54, 1.807) is 6.92 Å². The minimum Gasteiger partial charge on any atom is -0.464 e. The van der Waals surface area contributed by atoms with Crippen molar-refractivity contribution in [1.82, 2.24) is 0 Å². The van der Waals surface area contributed by atoms with Crippen molar-refractivity contribution in [3.8, 4) is 0 Å². The molecule has 0 aromatic carbocycles. The quantitative estimate of drug-likeness (QED) is 0.189. The Balaban J connectivity index is 3.31. The van der Waals surface area contributed by atoms with Crippen molar-refractivity contribution in [3.05, 3.63) is 6.61 Å². The zero-order chi connectivity index (χ0) is 10.8. The predicted molar refractivity (Wildman–Crippen MR) is 52.2 cm³/mol. The standard InChI is InChI=1S/C8H16N3O3/c1-2-13-5-3-7(12)14-6-4-11-8(9)10/h2H,3-6H2,1H3,(H4,9,10,11)/q+1. The van der Waals surface area contributed by atoms with E-state index in [0.717, 1.165) is 0 Å². The molecule has 0 spiro atoms. The lowest BCUT2D eigenvalue weighted by Crippen LogP contribution is -2.23. The Morgan fingerprint density at radius 3 is 2.71 bits per heavy atom. The van der Waals surface area contributed by atoms with Crippen molar-refractivity contribution in [2.24, 2.45) is 16.5 Å². The number of carbonyl (C=O) groups is 1. The summed E-state index contributed by atoms with van der Waals surface area (Å²) in [4.78, 5) is 14.6. The summed E-state index contributed by atoms with van der Waals surface area (Å²) in [5, 5.41) is 0. The summed E-state index contributed by atoms with van der Waals surface area (Å²) in [6.45, 7) is 4.07. The van der Waals surface area contributed by atoms with E-state index >= 15 is 0 Å². The molecular formula is C8H16N3O3+. The minimum atomic E-state index is -0.322. The van der Waals surface area contributed by atoms with Crippen molar-refractivity contribution in [2.45, 2.75) is 13.3 Å². The molecule has 0 amide bonds. The number of hydrogen-bond acceptors (Lipinski definition) is 4. The number of carbonyl (C=O) groups excluding carboxylic acids is 1. The number of guanidine groups is 1. The Labute approximate surface area is 83.3 Å². The Morgan fingerprint density at radius 1 is 1.43 bits per heavy atom. The van der Waals surface area contributed by atoms with E-state index in [0.29, 0.717) is 6.61 Å². The fourth-order valence-corrected chi connectivity index (χ4v) is 0.667.